The molecule has 3 rings (SSSR count). The van der Waals surface area contributed by atoms with Crippen LogP contribution in [-0.2, 0) is 7.05 Å². The first-order chi connectivity index (χ1) is 10.5. The van der Waals surface area contributed by atoms with Crippen LogP contribution in [0.2, 0.25) is 0 Å². The SMILES string of the molecule is CCN1C(=S)N[C@@H](c2ccccn2)[C@@H]1c1cc(C)n(C)c1C. The summed E-state index contributed by atoms with van der Waals surface area (Å²) in [5, 5.41) is 4.27. The molecule has 22 heavy (non-hydrogen) atoms. The van der Waals surface area contributed by atoms with E-state index < -0.39 is 0 Å². The van der Waals surface area contributed by atoms with Gasteiger partial charge in [-0.25, -0.2) is 0 Å². The van der Waals surface area contributed by atoms with Crippen LogP contribution in [0.15, 0.2) is 30.5 Å². The molecular weight excluding hydrogens is 292 g/mol. The van der Waals surface area contributed by atoms with Crippen molar-refractivity contribution in [3.8, 4) is 0 Å². The Morgan fingerprint density at radius 3 is 2.64 bits per heavy atom. The van der Waals surface area contributed by atoms with Crippen molar-refractivity contribution >= 4 is 17.3 Å². The van der Waals surface area contributed by atoms with Crippen LogP contribution in [0.3, 0.4) is 0 Å². The van der Waals surface area contributed by atoms with Crippen LogP contribution in [0.1, 0.15) is 41.7 Å². The van der Waals surface area contributed by atoms with Gasteiger partial charge in [0.25, 0.3) is 0 Å². The maximum absolute atomic E-state index is 5.56. The van der Waals surface area contributed by atoms with E-state index in [9.17, 15) is 0 Å². The first kappa shape index (κ1) is 15.0. The fourth-order valence-corrected chi connectivity index (χ4v) is 3.64. The number of pyridine rings is 1. The van der Waals surface area contributed by atoms with Crippen LogP contribution in [0, 0.1) is 13.8 Å². The predicted molar refractivity (Wildman–Crippen MR) is 92.7 cm³/mol. The molecule has 0 aromatic carbocycles. The molecule has 0 aliphatic carbocycles. The summed E-state index contributed by atoms with van der Waals surface area (Å²) in [4.78, 5) is 6.80. The third-order valence-electron chi connectivity index (χ3n) is 4.67. The molecule has 0 bridgehead atoms. The average molecular weight is 314 g/mol. The van der Waals surface area contributed by atoms with Crippen LogP contribution in [0.4, 0.5) is 0 Å². The van der Waals surface area contributed by atoms with Crippen LogP contribution >= 0.6 is 12.2 Å². The molecule has 1 saturated heterocycles. The Bertz CT molecular complexity index is 692. The van der Waals surface area contributed by atoms with E-state index >= 15 is 0 Å². The van der Waals surface area contributed by atoms with Gasteiger partial charge in [-0.1, -0.05) is 6.07 Å². The molecule has 2 aromatic heterocycles. The van der Waals surface area contributed by atoms with Gasteiger partial charge < -0.3 is 14.8 Å². The summed E-state index contributed by atoms with van der Waals surface area (Å²) < 4.78 is 2.24. The summed E-state index contributed by atoms with van der Waals surface area (Å²) in [6.07, 6.45) is 1.84. The molecule has 5 heteroatoms. The van der Waals surface area contributed by atoms with Gasteiger partial charge in [0.05, 0.1) is 17.8 Å². The molecular formula is C17H22N4S. The van der Waals surface area contributed by atoms with Gasteiger partial charge in [0.15, 0.2) is 5.11 Å². The molecule has 0 radical (unpaired) electrons. The van der Waals surface area contributed by atoms with Crippen molar-refractivity contribution in [3.05, 3.63) is 53.1 Å². The first-order valence-electron chi connectivity index (χ1n) is 7.65. The Kier molecular flexibility index (Phi) is 3.91. The third-order valence-corrected chi connectivity index (χ3v) is 5.02. The fourth-order valence-electron chi connectivity index (χ4n) is 3.27. The molecule has 2 atom stereocenters. The maximum atomic E-state index is 5.56. The molecule has 1 aliphatic heterocycles. The zero-order chi connectivity index (χ0) is 15.9. The van der Waals surface area contributed by atoms with Crippen molar-refractivity contribution in [3.63, 3.8) is 0 Å². The highest BCUT2D eigenvalue weighted by Gasteiger charge is 2.40. The number of hydrogen-bond acceptors (Lipinski definition) is 2. The number of nitrogens with zero attached hydrogens (tertiary/aromatic N) is 3. The van der Waals surface area contributed by atoms with Crippen LogP contribution in [0.5, 0.6) is 0 Å². The zero-order valence-electron chi connectivity index (χ0n) is 13.5. The number of hydrogen-bond donors (Lipinski definition) is 1. The van der Waals surface area contributed by atoms with E-state index in [-0.39, 0.29) is 12.1 Å². The second-order valence-corrected chi connectivity index (χ2v) is 6.18. The van der Waals surface area contributed by atoms with E-state index in [0.717, 1.165) is 17.4 Å². The Hall–Kier alpha value is -1.88. The van der Waals surface area contributed by atoms with Gasteiger partial charge in [0, 0.05) is 31.2 Å². The number of rotatable bonds is 3. The molecule has 1 aliphatic rings. The highest BCUT2D eigenvalue weighted by molar-refractivity contribution is 7.80. The number of nitrogens with one attached hydrogen (secondary N) is 1. The average Bonchev–Trinajstić information content (AvgIpc) is 2.99. The zero-order valence-corrected chi connectivity index (χ0v) is 14.3. The van der Waals surface area contributed by atoms with Crippen molar-refractivity contribution < 1.29 is 0 Å². The lowest BCUT2D eigenvalue weighted by atomic mass is 9.97. The monoisotopic (exact) mass is 314 g/mol. The minimum atomic E-state index is 0.0918. The maximum Gasteiger partial charge on any atom is 0.170 e. The highest BCUT2D eigenvalue weighted by Crippen LogP contribution is 2.40. The van der Waals surface area contributed by atoms with Crippen LogP contribution < -0.4 is 5.32 Å². The molecule has 2 aromatic rings. The third kappa shape index (κ3) is 2.29. The van der Waals surface area contributed by atoms with Gasteiger partial charge >= 0.3 is 0 Å². The normalized spacial score (nSPS) is 21.3. The first-order valence-corrected chi connectivity index (χ1v) is 8.06. The molecule has 1 fully saturated rings. The lowest BCUT2D eigenvalue weighted by Gasteiger charge is -2.26. The number of aromatic nitrogens is 2. The number of thiocarbonyl (C=S) groups is 1. The minimum absolute atomic E-state index is 0.0918. The fraction of sp³-hybridized carbons (Fsp3) is 0.412. The molecule has 116 valence electrons. The quantitative estimate of drug-likeness (QED) is 0.883. The van der Waals surface area contributed by atoms with Gasteiger partial charge in [-0.3, -0.25) is 4.98 Å². The van der Waals surface area contributed by atoms with Gasteiger partial charge in [0.2, 0.25) is 0 Å². The van der Waals surface area contributed by atoms with E-state index in [4.69, 9.17) is 12.2 Å². The Morgan fingerprint density at radius 2 is 2.09 bits per heavy atom. The van der Waals surface area contributed by atoms with Gasteiger partial charge in [0.1, 0.15) is 0 Å². The van der Waals surface area contributed by atoms with Crippen molar-refractivity contribution in [1.82, 2.24) is 19.8 Å². The molecule has 0 unspecified atom stereocenters. The predicted octanol–water partition coefficient (Wildman–Crippen LogP) is 3.03. The van der Waals surface area contributed by atoms with Crippen molar-refractivity contribution in [2.75, 3.05) is 6.54 Å². The van der Waals surface area contributed by atoms with Gasteiger partial charge in [-0.05, 0) is 56.8 Å². The second-order valence-electron chi connectivity index (χ2n) is 5.80. The standard InChI is InChI=1S/C17H22N4S/c1-5-21-16(13-10-11(2)20(4)12(13)3)15(19-17(21)22)14-8-6-7-9-18-14/h6-10,15-16H,5H2,1-4H3,(H,19,22)/t15-,16-/m0/s1. The van der Waals surface area contributed by atoms with Gasteiger partial charge in [-0.15, -0.1) is 0 Å². The summed E-state index contributed by atoms with van der Waals surface area (Å²) >= 11 is 5.56. The van der Waals surface area contributed by atoms with E-state index in [1.807, 2.05) is 18.3 Å². The van der Waals surface area contributed by atoms with Crippen molar-refractivity contribution in [2.45, 2.75) is 32.9 Å². The van der Waals surface area contributed by atoms with E-state index in [1.165, 1.54) is 17.0 Å². The van der Waals surface area contributed by atoms with E-state index in [1.54, 1.807) is 0 Å². The summed E-state index contributed by atoms with van der Waals surface area (Å²) in [7, 11) is 2.11. The molecule has 1 N–H and O–H groups in total. The number of aryl methyl sites for hydroxylation is 1. The van der Waals surface area contributed by atoms with E-state index in [0.29, 0.717) is 0 Å². The minimum Gasteiger partial charge on any atom is -0.352 e. The smallest absolute Gasteiger partial charge is 0.170 e. The lowest BCUT2D eigenvalue weighted by molar-refractivity contribution is 0.329. The van der Waals surface area contributed by atoms with Crippen LogP contribution in [0.25, 0.3) is 0 Å². The Labute approximate surface area is 137 Å². The summed E-state index contributed by atoms with van der Waals surface area (Å²) in [5.41, 5.74) is 4.91. The topological polar surface area (TPSA) is 33.1 Å². The summed E-state index contributed by atoms with van der Waals surface area (Å²) in [6.45, 7) is 7.34. The summed E-state index contributed by atoms with van der Waals surface area (Å²) in [6, 6.07) is 8.59. The molecule has 0 amide bonds. The molecule has 3 heterocycles. The van der Waals surface area contributed by atoms with Gasteiger partial charge in [-0.2, -0.15) is 0 Å². The summed E-state index contributed by atoms with van der Waals surface area (Å²) in [5.74, 6) is 0. The Morgan fingerprint density at radius 1 is 1.32 bits per heavy atom. The van der Waals surface area contributed by atoms with Crippen molar-refractivity contribution in [1.29, 1.82) is 0 Å². The lowest BCUT2D eigenvalue weighted by Crippen LogP contribution is -2.29. The molecule has 0 saturated carbocycles. The second kappa shape index (κ2) is 5.72. The Balaban J connectivity index is 2.10. The largest absolute Gasteiger partial charge is 0.352 e. The molecule has 4 nitrogen and oxygen atoms in total. The number of likely N-dealkylation sites (N-methyl/N-ethyl adjacent to an activating group) is 1. The van der Waals surface area contributed by atoms with Crippen molar-refractivity contribution in [2.24, 2.45) is 7.05 Å². The van der Waals surface area contributed by atoms with Crippen LogP contribution in [-0.4, -0.2) is 26.1 Å². The molecule has 0 spiro atoms. The van der Waals surface area contributed by atoms with E-state index in [2.05, 4.69) is 59.7 Å². The highest BCUT2D eigenvalue weighted by atomic mass is 32.1.